The number of nitrogens with one attached hydrogen (secondary N) is 2. The number of fused-ring (bicyclic) bond motifs is 3. The molecule has 40 heavy (non-hydrogen) atoms. The molecule has 1 atom stereocenters. The van der Waals surface area contributed by atoms with E-state index in [9.17, 15) is 19.5 Å². The summed E-state index contributed by atoms with van der Waals surface area (Å²) in [7, 11) is 0. The number of hydrogen-bond acceptors (Lipinski definition) is 4. The number of carboxylic acid groups (broad SMARTS) is 1. The van der Waals surface area contributed by atoms with Gasteiger partial charge in [-0.2, -0.15) is 0 Å². The van der Waals surface area contributed by atoms with Gasteiger partial charge in [-0.25, -0.2) is 4.79 Å². The van der Waals surface area contributed by atoms with E-state index < -0.39 is 11.9 Å². The number of amides is 2. The maximum atomic E-state index is 13.3. The van der Waals surface area contributed by atoms with Crippen molar-refractivity contribution in [2.75, 3.05) is 10.6 Å². The summed E-state index contributed by atoms with van der Waals surface area (Å²) in [6.07, 6.45) is 0.608. The van der Waals surface area contributed by atoms with E-state index >= 15 is 0 Å². The van der Waals surface area contributed by atoms with Crippen LogP contribution in [0, 0.1) is 0 Å². The van der Waals surface area contributed by atoms with Crippen molar-refractivity contribution in [3.63, 3.8) is 0 Å². The van der Waals surface area contributed by atoms with Gasteiger partial charge in [0.2, 0.25) is 5.91 Å². The van der Waals surface area contributed by atoms with Gasteiger partial charge in [-0.05, 0) is 67.9 Å². The maximum Gasteiger partial charge on any atom is 0.336 e. The third-order valence-corrected chi connectivity index (χ3v) is 8.15. The summed E-state index contributed by atoms with van der Waals surface area (Å²) in [5.41, 5.74) is 3.58. The minimum Gasteiger partial charge on any atom is -0.478 e. The Balaban J connectivity index is 1.31. The Labute approximate surface area is 236 Å². The first-order chi connectivity index (χ1) is 19.4. The summed E-state index contributed by atoms with van der Waals surface area (Å²) in [6.45, 7) is 4.94. The van der Waals surface area contributed by atoms with E-state index in [1.54, 1.807) is 30.3 Å². The van der Waals surface area contributed by atoms with Gasteiger partial charge in [0.15, 0.2) is 0 Å². The van der Waals surface area contributed by atoms with Crippen molar-refractivity contribution in [1.29, 1.82) is 0 Å². The lowest BCUT2D eigenvalue weighted by Gasteiger charge is -2.16. The van der Waals surface area contributed by atoms with Gasteiger partial charge in [-0.3, -0.25) is 9.59 Å². The lowest BCUT2D eigenvalue weighted by atomic mass is 10.1. The zero-order valence-corrected chi connectivity index (χ0v) is 23.0. The van der Waals surface area contributed by atoms with Gasteiger partial charge in [0.25, 0.3) is 5.91 Å². The molecule has 0 saturated carbocycles. The third-order valence-electron chi connectivity index (χ3n) is 6.79. The number of carbonyl (C=O) groups excluding carboxylic acids is 2. The minimum absolute atomic E-state index is 0.0642. The van der Waals surface area contributed by atoms with E-state index in [1.807, 2.05) is 37.3 Å². The van der Waals surface area contributed by atoms with Gasteiger partial charge in [0.1, 0.15) is 0 Å². The highest BCUT2D eigenvalue weighted by atomic mass is 32.2. The summed E-state index contributed by atoms with van der Waals surface area (Å²) in [5.74, 6) is -1.78. The Morgan fingerprint density at radius 1 is 0.775 bits per heavy atom. The molecule has 0 saturated heterocycles. The summed E-state index contributed by atoms with van der Waals surface area (Å²) in [5, 5.41) is 17.2. The molecule has 0 fully saturated rings. The molecule has 202 valence electrons. The molecule has 0 aliphatic rings. The summed E-state index contributed by atoms with van der Waals surface area (Å²) in [6, 6.07) is 27.6. The number of nitrogens with zero attached hydrogens (tertiary/aromatic N) is 1. The molecule has 3 N–H and O–H groups in total. The Hall–Kier alpha value is -4.56. The van der Waals surface area contributed by atoms with Gasteiger partial charge < -0.3 is 20.3 Å². The molecule has 0 bridgehead atoms. The lowest BCUT2D eigenvalue weighted by molar-refractivity contribution is -0.115. The van der Waals surface area contributed by atoms with Crippen molar-refractivity contribution in [3.8, 4) is 0 Å². The van der Waals surface area contributed by atoms with Gasteiger partial charge in [-0.1, -0.05) is 43.3 Å². The Morgan fingerprint density at radius 3 is 2.23 bits per heavy atom. The summed E-state index contributed by atoms with van der Waals surface area (Å²) in [4.78, 5) is 38.4. The maximum absolute atomic E-state index is 13.3. The quantitative estimate of drug-likeness (QED) is 0.167. The van der Waals surface area contributed by atoms with Gasteiger partial charge in [0.05, 0.1) is 16.4 Å². The predicted molar refractivity (Wildman–Crippen MR) is 161 cm³/mol. The van der Waals surface area contributed by atoms with Crippen LogP contribution in [0.5, 0.6) is 0 Å². The van der Waals surface area contributed by atoms with Crippen LogP contribution < -0.4 is 10.6 Å². The van der Waals surface area contributed by atoms with Crippen molar-refractivity contribution in [1.82, 2.24) is 4.57 Å². The van der Waals surface area contributed by atoms with Crippen LogP contribution in [0.15, 0.2) is 95.9 Å². The molecule has 1 heterocycles. The lowest BCUT2D eigenvalue weighted by Crippen LogP contribution is -2.24. The zero-order valence-electron chi connectivity index (χ0n) is 22.2. The Bertz CT molecular complexity index is 1740. The van der Waals surface area contributed by atoms with Crippen LogP contribution in [0.1, 0.15) is 41.0 Å². The number of aryl methyl sites for hydroxylation is 1. The minimum atomic E-state index is -1.16. The first kappa shape index (κ1) is 27.0. The fraction of sp³-hybridized carbons (Fsp3) is 0.156. The van der Waals surface area contributed by atoms with Crippen LogP contribution in [-0.2, 0) is 11.3 Å². The number of aromatic carboxylic acids is 1. The SMILES string of the molecule is CCC(Sc1cccc(NC(=O)c2ccccc2C(=O)O)c1)C(=O)Nc1ccc2c(c1)c1ccccc1n2CC. The number of carbonyl (C=O) groups is 3. The average molecular weight is 552 g/mol. The molecule has 0 spiro atoms. The average Bonchev–Trinajstić information content (AvgIpc) is 3.29. The molecular formula is C32H29N3O4S. The van der Waals surface area contributed by atoms with Gasteiger partial charge in [-0.15, -0.1) is 11.8 Å². The van der Waals surface area contributed by atoms with Crippen molar-refractivity contribution in [3.05, 3.63) is 102 Å². The summed E-state index contributed by atoms with van der Waals surface area (Å²) < 4.78 is 2.27. The second kappa shape index (κ2) is 11.7. The normalized spacial score (nSPS) is 11.8. The van der Waals surface area contributed by atoms with Crippen LogP contribution >= 0.6 is 11.8 Å². The van der Waals surface area contributed by atoms with Crippen molar-refractivity contribution < 1.29 is 19.5 Å². The first-order valence-corrected chi connectivity index (χ1v) is 14.0. The topological polar surface area (TPSA) is 100 Å². The van der Waals surface area contributed by atoms with Crippen LogP contribution in [0.4, 0.5) is 11.4 Å². The number of anilines is 2. The molecule has 8 heteroatoms. The van der Waals surface area contributed by atoms with Crippen LogP contribution in [0.2, 0.25) is 0 Å². The molecule has 7 nitrogen and oxygen atoms in total. The fourth-order valence-corrected chi connectivity index (χ4v) is 5.91. The standard InChI is InChI=1S/C32H29N3O4S/c1-3-29(31(37)34-21-16-17-28-26(19-21)23-12-7-8-15-27(23)35(28)4-2)40-22-11-9-10-20(18-22)33-30(36)24-13-5-6-14-25(24)32(38)39/h5-19,29H,3-4H2,1-2H3,(H,33,36)(H,34,37)(H,38,39). The molecule has 5 rings (SSSR count). The molecule has 1 unspecified atom stereocenters. The molecule has 0 aliphatic carbocycles. The van der Waals surface area contributed by atoms with E-state index in [4.69, 9.17) is 0 Å². The second-order valence-corrected chi connectivity index (χ2v) is 10.6. The highest BCUT2D eigenvalue weighted by Crippen LogP contribution is 2.32. The first-order valence-electron chi connectivity index (χ1n) is 13.1. The van der Waals surface area contributed by atoms with E-state index in [0.29, 0.717) is 12.1 Å². The Morgan fingerprint density at radius 2 is 1.48 bits per heavy atom. The van der Waals surface area contributed by atoms with Crippen LogP contribution in [0.3, 0.4) is 0 Å². The second-order valence-electron chi connectivity index (χ2n) is 9.33. The molecule has 1 aromatic heterocycles. The largest absolute Gasteiger partial charge is 0.478 e. The molecule has 0 radical (unpaired) electrons. The summed E-state index contributed by atoms with van der Waals surface area (Å²) >= 11 is 1.41. The number of thioether (sulfide) groups is 1. The van der Waals surface area contributed by atoms with Gasteiger partial charge in [0, 0.05) is 44.6 Å². The van der Waals surface area contributed by atoms with E-state index in [2.05, 4.69) is 40.3 Å². The van der Waals surface area contributed by atoms with Gasteiger partial charge >= 0.3 is 5.97 Å². The number of hydrogen-bond donors (Lipinski definition) is 3. The molecule has 2 amide bonds. The van der Waals surface area contributed by atoms with Crippen molar-refractivity contribution in [2.24, 2.45) is 0 Å². The van der Waals surface area contributed by atoms with Crippen LogP contribution in [-0.4, -0.2) is 32.7 Å². The predicted octanol–water partition coefficient (Wildman–Crippen LogP) is 7.27. The molecule has 0 aliphatic heterocycles. The monoisotopic (exact) mass is 551 g/mol. The molecular weight excluding hydrogens is 522 g/mol. The van der Waals surface area contributed by atoms with Crippen LogP contribution in [0.25, 0.3) is 21.8 Å². The van der Waals surface area contributed by atoms with Crippen molar-refractivity contribution >= 4 is 62.7 Å². The third kappa shape index (κ3) is 5.44. The molecule has 5 aromatic rings. The van der Waals surface area contributed by atoms with E-state index in [0.717, 1.165) is 33.4 Å². The number of aromatic nitrogens is 1. The van der Waals surface area contributed by atoms with E-state index in [-0.39, 0.29) is 22.3 Å². The van der Waals surface area contributed by atoms with E-state index in [1.165, 1.54) is 29.4 Å². The number of carboxylic acids is 1. The molecule has 4 aromatic carbocycles. The smallest absolute Gasteiger partial charge is 0.336 e. The highest BCUT2D eigenvalue weighted by molar-refractivity contribution is 8.00. The van der Waals surface area contributed by atoms with Crippen molar-refractivity contribution in [2.45, 2.75) is 37.0 Å². The number of benzene rings is 4. The Kier molecular flexibility index (Phi) is 7.89. The highest BCUT2D eigenvalue weighted by Gasteiger charge is 2.20. The fourth-order valence-electron chi connectivity index (χ4n) is 4.89. The zero-order chi connectivity index (χ0) is 28.2. The number of para-hydroxylation sites is 1. The number of rotatable bonds is 9.